The van der Waals surface area contributed by atoms with Crippen LogP contribution in [0, 0.1) is 13.8 Å². The first kappa shape index (κ1) is 20.4. The van der Waals surface area contributed by atoms with E-state index in [0.29, 0.717) is 18.0 Å². The number of likely N-dealkylation sites (N-methyl/N-ethyl adjacent to an activating group) is 1. The van der Waals surface area contributed by atoms with Gasteiger partial charge in [0.15, 0.2) is 11.5 Å². The Bertz CT molecular complexity index is 842. The molecule has 0 N–H and O–H groups in total. The minimum Gasteiger partial charge on any atom is -0.496 e. The number of methoxy groups -OCH3 is 3. The van der Waals surface area contributed by atoms with Crippen molar-refractivity contribution in [2.75, 3.05) is 28.4 Å². The first-order valence-electron chi connectivity index (χ1n) is 8.69. The molecular weight excluding hydrogens is 342 g/mol. The number of ether oxygens (including phenoxy) is 3. The number of amides is 1. The van der Waals surface area contributed by atoms with Crippen LogP contribution >= 0.6 is 0 Å². The third-order valence-corrected chi connectivity index (χ3v) is 4.42. The van der Waals surface area contributed by atoms with E-state index in [1.165, 1.54) is 0 Å². The minimum absolute atomic E-state index is 0.0901. The number of hydrogen-bond acceptors (Lipinski definition) is 4. The number of aryl methyl sites for hydroxylation is 2. The lowest BCUT2D eigenvalue weighted by Crippen LogP contribution is -2.24. The van der Waals surface area contributed by atoms with Crippen molar-refractivity contribution in [3.63, 3.8) is 0 Å². The summed E-state index contributed by atoms with van der Waals surface area (Å²) in [5.74, 6) is 1.98. The van der Waals surface area contributed by atoms with Crippen LogP contribution in [0.25, 0.3) is 6.08 Å². The van der Waals surface area contributed by atoms with Gasteiger partial charge in [-0.3, -0.25) is 4.79 Å². The topological polar surface area (TPSA) is 48.0 Å². The summed E-state index contributed by atoms with van der Waals surface area (Å²) in [6.45, 7) is 4.47. The van der Waals surface area contributed by atoms with E-state index in [1.54, 1.807) is 45.4 Å². The zero-order valence-electron chi connectivity index (χ0n) is 16.8. The third-order valence-electron chi connectivity index (χ3n) is 4.42. The van der Waals surface area contributed by atoms with Crippen molar-refractivity contribution in [3.05, 3.63) is 58.7 Å². The molecule has 0 aliphatic carbocycles. The number of benzene rings is 2. The largest absolute Gasteiger partial charge is 0.496 e. The SMILES string of the molecule is COc1ccc(C)cc1/C=C/C(=O)N(C)Cc1cc(OC)c(OC)cc1C. The van der Waals surface area contributed by atoms with Crippen LogP contribution in [0.15, 0.2) is 36.4 Å². The molecule has 0 unspecified atom stereocenters. The highest BCUT2D eigenvalue weighted by atomic mass is 16.5. The molecule has 2 aromatic carbocycles. The van der Waals surface area contributed by atoms with Gasteiger partial charge in [-0.1, -0.05) is 11.6 Å². The molecular formula is C22H27NO4. The fourth-order valence-electron chi connectivity index (χ4n) is 2.80. The van der Waals surface area contributed by atoms with Gasteiger partial charge in [0.05, 0.1) is 21.3 Å². The van der Waals surface area contributed by atoms with E-state index >= 15 is 0 Å². The lowest BCUT2D eigenvalue weighted by molar-refractivity contribution is -0.125. The number of hydrogen-bond donors (Lipinski definition) is 0. The summed E-state index contributed by atoms with van der Waals surface area (Å²) in [6, 6.07) is 9.69. The summed E-state index contributed by atoms with van der Waals surface area (Å²) in [5.41, 5.74) is 4.03. The van der Waals surface area contributed by atoms with Crippen molar-refractivity contribution in [2.24, 2.45) is 0 Å². The van der Waals surface area contributed by atoms with E-state index in [0.717, 1.165) is 28.0 Å². The molecule has 27 heavy (non-hydrogen) atoms. The second kappa shape index (κ2) is 9.12. The Hall–Kier alpha value is -2.95. The lowest BCUT2D eigenvalue weighted by Gasteiger charge is -2.19. The zero-order valence-corrected chi connectivity index (χ0v) is 16.8. The van der Waals surface area contributed by atoms with E-state index < -0.39 is 0 Å². The third kappa shape index (κ3) is 5.03. The minimum atomic E-state index is -0.0901. The molecule has 0 fully saturated rings. The Labute approximate surface area is 161 Å². The number of carbonyl (C=O) groups is 1. The van der Waals surface area contributed by atoms with Crippen LogP contribution in [-0.2, 0) is 11.3 Å². The summed E-state index contributed by atoms with van der Waals surface area (Å²) in [4.78, 5) is 14.2. The van der Waals surface area contributed by atoms with Gasteiger partial charge in [0.25, 0.3) is 0 Å². The van der Waals surface area contributed by atoms with Crippen molar-refractivity contribution in [1.29, 1.82) is 0 Å². The quantitative estimate of drug-likeness (QED) is 0.692. The van der Waals surface area contributed by atoms with Crippen LogP contribution in [0.3, 0.4) is 0 Å². The fourth-order valence-corrected chi connectivity index (χ4v) is 2.80. The molecule has 5 nitrogen and oxygen atoms in total. The predicted octanol–water partition coefficient (Wildman–Crippen LogP) is 4.00. The van der Waals surface area contributed by atoms with Gasteiger partial charge in [-0.05, 0) is 55.3 Å². The Morgan fingerprint density at radius 3 is 2.22 bits per heavy atom. The summed E-state index contributed by atoms with van der Waals surface area (Å²) in [5, 5.41) is 0. The van der Waals surface area contributed by atoms with Gasteiger partial charge in [0.2, 0.25) is 5.91 Å². The van der Waals surface area contributed by atoms with Gasteiger partial charge < -0.3 is 19.1 Å². The predicted molar refractivity (Wildman–Crippen MR) is 108 cm³/mol. The molecule has 1 amide bonds. The molecule has 0 saturated heterocycles. The van der Waals surface area contributed by atoms with Crippen LogP contribution in [0.1, 0.15) is 22.3 Å². The zero-order chi connectivity index (χ0) is 20.0. The van der Waals surface area contributed by atoms with E-state index in [4.69, 9.17) is 14.2 Å². The first-order chi connectivity index (χ1) is 12.9. The van der Waals surface area contributed by atoms with Crippen molar-refractivity contribution in [1.82, 2.24) is 4.90 Å². The van der Waals surface area contributed by atoms with Gasteiger partial charge >= 0.3 is 0 Å². The van der Waals surface area contributed by atoms with Crippen LogP contribution < -0.4 is 14.2 Å². The fraction of sp³-hybridized carbons (Fsp3) is 0.318. The summed E-state index contributed by atoms with van der Waals surface area (Å²) < 4.78 is 16.0. The van der Waals surface area contributed by atoms with Gasteiger partial charge in [-0.15, -0.1) is 0 Å². The molecule has 0 atom stereocenters. The first-order valence-corrected chi connectivity index (χ1v) is 8.69. The van der Waals surface area contributed by atoms with E-state index in [1.807, 2.05) is 44.2 Å². The Morgan fingerprint density at radius 1 is 0.963 bits per heavy atom. The van der Waals surface area contributed by atoms with Crippen LogP contribution in [0.5, 0.6) is 17.2 Å². The molecule has 0 saturated carbocycles. The van der Waals surface area contributed by atoms with Crippen LogP contribution in [0.2, 0.25) is 0 Å². The Morgan fingerprint density at radius 2 is 1.59 bits per heavy atom. The molecule has 0 heterocycles. The maximum atomic E-state index is 12.5. The molecule has 0 aromatic heterocycles. The maximum Gasteiger partial charge on any atom is 0.246 e. The molecule has 0 bridgehead atoms. The van der Waals surface area contributed by atoms with Gasteiger partial charge in [-0.2, -0.15) is 0 Å². The molecule has 0 aliphatic rings. The van der Waals surface area contributed by atoms with Gasteiger partial charge in [0, 0.05) is 25.2 Å². The normalized spacial score (nSPS) is 10.7. The second-order valence-electron chi connectivity index (χ2n) is 6.41. The smallest absolute Gasteiger partial charge is 0.246 e. The van der Waals surface area contributed by atoms with Gasteiger partial charge in [0.1, 0.15) is 5.75 Å². The van der Waals surface area contributed by atoms with Gasteiger partial charge in [-0.25, -0.2) is 0 Å². The van der Waals surface area contributed by atoms with Crippen LogP contribution in [-0.4, -0.2) is 39.2 Å². The molecule has 2 aromatic rings. The molecule has 2 rings (SSSR count). The number of rotatable bonds is 7. The van der Waals surface area contributed by atoms with Crippen molar-refractivity contribution < 1.29 is 19.0 Å². The molecule has 5 heteroatoms. The standard InChI is InChI=1S/C22H27NO4/c1-15-7-9-19(25-4)17(11-15)8-10-22(24)23(3)14-18-13-21(27-6)20(26-5)12-16(18)2/h7-13H,14H2,1-6H3/b10-8+. The highest BCUT2D eigenvalue weighted by Gasteiger charge is 2.12. The maximum absolute atomic E-state index is 12.5. The van der Waals surface area contributed by atoms with E-state index in [9.17, 15) is 4.79 Å². The summed E-state index contributed by atoms with van der Waals surface area (Å²) in [7, 11) is 6.60. The Kier molecular flexibility index (Phi) is 6.88. The van der Waals surface area contributed by atoms with Crippen LogP contribution in [0.4, 0.5) is 0 Å². The highest BCUT2D eigenvalue weighted by molar-refractivity contribution is 5.92. The average Bonchev–Trinajstić information content (AvgIpc) is 2.67. The van der Waals surface area contributed by atoms with Crippen molar-refractivity contribution >= 4 is 12.0 Å². The number of carbonyl (C=O) groups excluding carboxylic acids is 1. The molecule has 0 spiro atoms. The monoisotopic (exact) mass is 369 g/mol. The second-order valence-corrected chi connectivity index (χ2v) is 6.41. The van der Waals surface area contributed by atoms with Crippen molar-refractivity contribution in [3.8, 4) is 17.2 Å². The highest BCUT2D eigenvalue weighted by Crippen LogP contribution is 2.30. The molecule has 0 aliphatic heterocycles. The molecule has 0 radical (unpaired) electrons. The van der Waals surface area contributed by atoms with E-state index in [2.05, 4.69) is 0 Å². The van der Waals surface area contributed by atoms with Crippen molar-refractivity contribution in [2.45, 2.75) is 20.4 Å². The Balaban J connectivity index is 2.16. The average molecular weight is 369 g/mol. The molecule has 144 valence electrons. The summed E-state index contributed by atoms with van der Waals surface area (Å²) in [6.07, 6.45) is 3.35. The number of nitrogens with zero attached hydrogens (tertiary/aromatic N) is 1. The lowest BCUT2D eigenvalue weighted by atomic mass is 10.1. The van der Waals surface area contributed by atoms with E-state index in [-0.39, 0.29) is 5.91 Å². The summed E-state index contributed by atoms with van der Waals surface area (Å²) >= 11 is 0.